The molecule has 0 unspecified atom stereocenters. The van der Waals surface area contributed by atoms with Crippen molar-refractivity contribution >= 4 is 5.97 Å². The molecule has 1 aliphatic rings. The molecule has 4 heteroatoms. The maximum absolute atomic E-state index is 11.6. The summed E-state index contributed by atoms with van der Waals surface area (Å²) in [4.78, 5) is 19.7. The van der Waals surface area contributed by atoms with E-state index < -0.39 is 5.97 Å². The van der Waals surface area contributed by atoms with Crippen molar-refractivity contribution in [1.82, 2.24) is 9.97 Å². The summed E-state index contributed by atoms with van der Waals surface area (Å²) in [7, 11) is 0. The van der Waals surface area contributed by atoms with Crippen molar-refractivity contribution in [2.75, 3.05) is 6.61 Å². The largest absolute Gasteiger partial charge is 0.460 e. The number of aromatic nitrogens is 2. The molecule has 0 spiro atoms. The van der Waals surface area contributed by atoms with Gasteiger partial charge in [0.25, 0.3) is 0 Å². The van der Waals surface area contributed by atoms with E-state index in [2.05, 4.69) is 67.7 Å². The van der Waals surface area contributed by atoms with E-state index in [1.54, 1.807) is 19.3 Å². The van der Waals surface area contributed by atoms with E-state index in [-0.39, 0.29) is 16.7 Å². The number of benzene rings is 1. The van der Waals surface area contributed by atoms with E-state index in [1.165, 1.54) is 24.0 Å². The number of fused-ring (bicyclic) bond motifs is 1. The molecular formula is C25H32N2O2. The molecule has 154 valence electrons. The smallest absolute Gasteiger partial charge is 0.376 e. The van der Waals surface area contributed by atoms with Gasteiger partial charge in [0.05, 0.1) is 12.2 Å². The molecule has 0 bridgehead atoms. The van der Waals surface area contributed by atoms with E-state index in [4.69, 9.17) is 4.74 Å². The average molecular weight is 393 g/mol. The fourth-order valence-electron chi connectivity index (χ4n) is 3.50. The number of hydrogen-bond acceptors (Lipinski definition) is 4. The second kappa shape index (κ2) is 9.22. The van der Waals surface area contributed by atoms with Gasteiger partial charge in [-0.3, -0.25) is 0 Å². The number of nitrogens with zero attached hydrogens (tertiary/aromatic N) is 2. The van der Waals surface area contributed by atoms with Crippen molar-refractivity contribution in [2.24, 2.45) is 0 Å². The lowest BCUT2D eigenvalue weighted by atomic mass is 9.63. The fraction of sp³-hybridized carbons (Fsp3) is 0.480. The topological polar surface area (TPSA) is 52.1 Å². The van der Waals surface area contributed by atoms with Gasteiger partial charge >= 0.3 is 5.97 Å². The maximum atomic E-state index is 11.6. The molecule has 1 heterocycles. The van der Waals surface area contributed by atoms with Crippen LogP contribution in [0.5, 0.6) is 0 Å². The van der Waals surface area contributed by atoms with Crippen LogP contribution in [-0.2, 0) is 15.6 Å². The van der Waals surface area contributed by atoms with E-state index in [0.717, 1.165) is 5.56 Å². The predicted molar refractivity (Wildman–Crippen MR) is 117 cm³/mol. The molecule has 0 atom stereocenters. The molecule has 2 aromatic rings. The Hall–Kier alpha value is -2.67. The SMILES string of the molecule is CC.CCOC(=O)c1ncc(C#Cc2ccc3c(c2)C(C)(C)CCC3(C)C)cn1. The summed E-state index contributed by atoms with van der Waals surface area (Å²) in [5, 5.41) is 0. The minimum absolute atomic E-state index is 0.0557. The third-order valence-corrected chi connectivity index (χ3v) is 5.31. The molecule has 0 radical (unpaired) electrons. The van der Waals surface area contributed by atoms with Gasteiger partial charge < -0.3 is 4.74 Å². The Kier molecular flexibility index (Phi) is 7.19. The number of rotatable bonds is 2. The monoisotopic (exact) mass is 392 g/mol. The highest BCUT2D eigenvalue weighted by Crippen LogP contribution is 2.45. The lowest BCUT2D eigenvalue weighted by Gasteiger charge is -2.41. The summed E-state index contributed by atoms with van der Waals surface area (Å²) < 4.78 is 4.89. The van der Waals surface area contributed by atoms with Gasteiger partial charge in [-0.15, -0.1) is 0 Å². The Morgan fingerprint density at radius 1 is 0.966 bits per heavy atom. The third-order valence-electron chi connectivity index (χ3n) is 5.31. The molecule has 1 aromatic carbocycles. The van der Waals surface area contributed by atoms with E-state index in [0.29, 0.717) is 12.2 Å². The molecule has 0 N–H and O–H groups in total. The van der Waals surface area contributed by atoms with Crippen LogP contribution < -0.4 is 0 Å². The summed E-state index contributed by atoms with van der Waals surface area (Å²) >= 11 is 0. The zero-order valence-corrected chi connectivity index (χ0v) is 18.7. The van der Waals surface area contributed by atoms with Crippen molar-refractivity contribution in [1.29, 1.82) is 0 Å². The minimum Gasteiger partial charge on any atom is -0.460 e. The number of carbonyl (C=O) groups excluding carboxylic acids is 1. The van der Waals surface area contributed by atoms with Gasteiger partial charge in [-0.25, -0.2) is 14.8 Å². The molecular weight excluding hydrogens is 360 g/mol. The maximum Gasteiger partial charge on any atom is 0.376 e. The van der Waals surface area contributed by atoms with Crippen LogP contribution in [0.15, 0.2) is 30.6 Å². The Morgan fingerprint density at radius 2 is 1.52 bits per heavy atom. The first-order valence-electron chi connectivity index (χ1n) is 10.4. The Balaban J connectivity index is 0.00000145. The minimum atomic E-state index is -0.517. The zero-order valence-electron chi connectivity index (χ0n) is 18.7. The Morgan fingerprint density at radius 3 is 2.10 bits per heavy atom. The quantitative estimate of drug-likeness (QED) is 0.505. The summed E-state index contributed by atoms with van der Waals surface area (Å²) in [5.74, 6) is 5.83. The standard InChI is InChI=1S/C23H26N2O2.C2H6/c1-6-27-21(26)20-24-14-17(15-25-20)8-7-16-9-10-18-19(13-16)23(4,5)12-11-22(18,2)3;1-2/h9-10,13-15H,6,11-12H2,1-5H3;1-2H3. The molecule has 0 saturated carbocycles. The molecule has 0 aliphatic heterocycles. The van der Waals surface area contributed by atoms with E-state index >= 15 is 0 Å². The van der Waals surface area contributed by atoms with Gasteiger partial charge in [-0.05, 0) is 53.9 Å². The molecule has 0 fully saturated rings. The first kappa shape index (κ1) is 22.6. The highest BCUT2D eigenvalue weighted by atomic mass is 16.5. The van der Waals surface area contributed by atoms with Crippen LogP contribution >= 0.6 is 0 Å². The van der Waals surface area contributed by atoms with E-state index in [9.17, 15) is 4.79 Å². The van der Waals surface area contributed by atoms with Crippen LogP contribution in [0.1, 0.15) is 94.2 Å². The van der Waals surface area contributed by atoms with Crippen LogP contribution in [0.3, 0.4) is 0 Å². The highest BCUT2D eigenvalue weighted by Gasteiger charge is 2.36. The van der Waals surface area contributed by atoms with Gasteiger partial charge in [0.15, 0.2) is 0 Å². The van der Waals surface area contributed by atoms with Crippen molar-refractivity contribution in [3.05, 3.63) is 58.7 Å². The molecule has 1 aromatic heterocycles. The Labute approximate surface area is 175 Å². The van der Waals surface area contributed by atoms with Crippen LogP contribution in [0.25, 0.3) is 0 Å². The molecule has 0 amide bonds. The number of esters is 1. The molecule has 4 nitrogen and oxygen atoms in total. The second-order valence-corrected chi connectivity index (χ2v) is 8.29. The van der Waals surface area contributed by atoms with Crippen LogP contribution in [0.4, 0.5) is 0 Å². The van der Waals surface area contributed by atoms with Crippen LogP contribution in [0.2, 0.25) is 0 Å². The normalized spacial score (nSPS) is 15.7. The fourth-order valence-corrected chi connectivity index (χ4v) is 3.50. The summed E-state index contributed by atoms with van der Waals surface area (Å²) in [6.07, 6.45) is 5.48. The van der Waals surface area contributed by atoms with Crippen LogP contribution in [-0.4, -0.2) is 22.5 Å². The van der Waals surface area contributed by atoms with Crippen LogP contribution in [0, 0.1) is 11.8 Å². The second-order valence-electron chi connectivity index (χ2n) is 8.29. The van der Waals surface area contributed by atoms with Crippen molar-refractivity contribution in [2.45, 2.75) is 72.1 Å². The predicted octanol–water partition coefficient (Wildman–Crippen LogP) is 5.43. The average Bonchev–Trinajstić information content (AvgIpc) is 2.72. The first-order chi connectivity index (χ1) is 13.7. The lowest BCUT2D eigenvalue weighted by molar-refractivity contribution is 0.0512. The third kappa shape index (κ3) is 5.23. The summed E-state index contributed by atoms with van der Waals surface area (Å²) in [5.41, 5.74) is 4.82. The number of hydrogen-bond donors (Lipinski definition) is 0. The van der Waals surface area contributed by atoms with Gasteiger partial charge in [0, 0.05) is 18.0 Å². The van der Waals surface area contributed by atoms with Crippen molar-refractivity contribution in [3.8, 4) is 11.8 Å². The van der Waals surface area contributed by atoms with Gasteiger partial charge in [-0.2, -0.15) is 0 Å². The first-order valence-corrected chi connectivity index (χ1v) is 10.4. The van der Waals surface area contributed by atoms with Crippen molar-refractivity contribution in [3.63, 3.8) is 0 Å². The van der Waals surface area contributed by atoms with Crippen molar-refractivity contribution < 1.29 is 9.53 Å². The van der Waals surface area contributed by atoms with E-state index in [1.807, 2.05) is 13.8 Å². The number of carbonyl (C=O) groups is 1. The molecule has 3 rings (SSSR count). The van der Waals surface area contributed by atoms with Gasteiger partial charge in [0.2, 0.25) is 5.82 Å². The lowest BCUT2D eigenvalue weighted by Crippen LogP contribution is -2.33. The van der Waals surface area contributed by atoms with Gasteiger partial charge in [-0.1, -0.05) is 59.4 Å². The summed E-state index contributed by atoms with van der Waals surface area (Å²) in [6.45, 7) is 15.3. The zero-order chi connectivity index (χ0) is 21.7. The highest BCUT2D eigenvalue weighted by molar-refractivity contribution is 5.85. The molecule has 0 saturated heterocycles. The Bertz CT molecular complexity index is 916. The molecule has 1 aliphatic carbocycles. The van der Waals surface area contributed by atoms with Gasteiger partial charge in [0.1, 0.15) is 0 Å². The molecule has 29 heavy (non-hydrogen) atoms. The number of ether oxygens (including phenoxy) is 1. The summed E-state index contributed by atoms with van der Waals surface area (Å²) in [6, 6.07) is 6.53.